The summed E-state index contributed by atoms with van der Waals surface area (Å²) in [6.07, 6.45) is -9.07. The molecule has 0 bridgehead atoms. The first kappa shape index (κ1) is 18.0. The van der Waals surface area contributed by atoms with Gasteiger partial charge in [0.1, 0.15) is 0 Å². The van der Waals surface area contributed by atoms with Crippen molar-refractivity contribution < 1.29 is 41.0 Å². The van der Waals surface area contributed by atoms with Crippen molar-refractivity contribution in [1.29, 1.82) is 0 Å². The van der Waals surface area contributed by atoms with Gasteiger partial charge in [-0.25, -0.2) is 0 Å². The van der Waals surface area contributed by atoms with Crippen molar-refractivity contribution in [1.82, 2.24) is 9.88 Å². The number of pyridine rings is 1. The number of carboxylic acids is 1. The van der Waals surface area contributed by atoms with Crippen LogP contribution in [-0.4, -0.2) is 46.1 Å². The minimum Gasteiger partial charge on any atom is -0.481 e. The van der Waals surface area contributed by atoms with Crippen LogP contribution in [0, 0.1) is 11.8 Å². The van der Waals surface area contributed by atoms with Crippen molar-refractivity contribution in [3.05, 3.63) is 29.6 Å². The van der Waals surface area contributed by atoms with Crippen molar-refractivity contribution in [3.8, 4) is 0 Å². The highest BCUT2D eigenvalue weighted by atomic mass is 19.4. The molecule has 1 aromatic rings. The molecular formula is C13H10F6N2O3. The largest absolute Gasteiger partial charge is 0.481 e. The Morgan fingerprint density at radius 3 is 2.25 bits per heavy atom. The summed E-state index contributed by atoms with van der Waals surface area (Å²) in [5, 5.41) is 8.87. The Morgan fingerprint density at radius 1 is 1.17 bits per heavy atom. The number of nitrogens with zero attached hydrogens (tertiary/aromatic N) is 2. The number of likely N-dealkylation sites (tertiary alicyclic amines) is 1. The highest BCUT2D eigenvalue weighted by Crippen LogP contribution is 2.39. The zero-order valence-corrected chi connectivity index (χ0v) is 11.7. The van der Waals surface area contributed by atoms with E-state index in [2.05, 4.69) is 4.98 Å². The normalized spacial score (nSPS) is 21.8. The Morgan fingerprint density at radius 2 is 1.79 bits per heavy atom. The predicted molar refractivity (Wildman–Crippen MR) is 65.8 cm³/mol. The van der Waals surface area contributed by atoms with Crippen LogP contribution in [-0.2, 0) is 11.0 Å². The summed E-state index contributed by atoms with van der Waals surface area (Å²) in [6, 6.07) is 1.82. The SMILES string of the molecule is O=C(O)[C@@H]1CN(C(=O)c2cccnc2C(F)(F)F)C[C@H]1C(F)(F)F. The minimum absolute atomic E-state index is 0.462. The van der Waals surface area contributed by atoms with E-state index in [4.69, 9.17) is 5.11 Å². The third-order valence-corrected chi connectivity index (χ3v) is 3.65. The number of amides is 1. The number of aliphatic carboxylic acids is 1. The number of halogens is 6. The summed E-state index contributed by atoms with van der Waals surface area (Å²) in [5.41, 5.74) is -2.45. The van der Waals surface area contributed by atoms with Crippen LogP contribution in [0.15, 0.2) is 18.3 Å². The average molecular weight is 356 g/mol. The van der Waals surface area contributed by atoms with Crippen LogP contribution in [0.2, 0.25) is 0 Å². The second-order valence-electron chi connectivity index (χ2n) is 5.20. The van der Waals surface area contributed by atoms with Gasteiger partial charge in [0.2, 0.25) is 0 Å². The summed E-state index contributed by atoms with van der Waals surface area (Å²) in [6.45, 7) is -1.85. The minimum atomic E-state index is -4.97. The lowest BCUT2D eigenvalue weighted by Crippen LogP contribution is -2.34. The molecular weight excluding hydrogens is 346 g/mol. The molecule has 2 heterocycles. The fraction of sp³-hybridized carbons (Fsp3) is 0.462. The van der Waals surface area contributed by atoms with Crippen LogP contribution in [0.25, 0.3) is 0 Å². The molecule has 1 aliphatic heterocycles. The number of hydrogen-bond acceptors (Lipinski definition) is 3. The van der Waals surface area contributed by atoms with E-state index in [1.807, 2.05) is 0 Å². The van der Waals surface area contributed by atoms with E-state index >= 15 is 0 Å². The van der Waals surface area contributed by atoms with Crippen LogP contribution in [0.4, 0.5) is 26.3 Å². The van der Waals surface area contributed by atoms with Gasteiger partial charge in [-0.3, -0.25) is 14.6 Å². The Hall–Kier alpha value is -2.33. The molecule has 0 aliphatic carbocycles. The number of aromatic nitrogens is 1. The van der Waals surface area contributed by atoms with Gasteiger partial charge in [-0.15, -0.1) is 0 Å². The van der Waals surface area contributed by atoms with E-state index in [0.717, 1.165) is 18.3 Å². The van der Waals surface area contributed by atoms with Crippen molar-refractivity contribution in [3.63, 3.8) is 0 Å². The third-order valence-electron chi connectivity index (χ3n) is 3.65. The summed E-state index contributed by atoms with van der Waals surface area (Å²) in [7, 11) is 0. The molecule has 0 aromatic carbocycles. The number of alkyl halides is 6. The van der Waals surface area contributed by atoms with Gasteiger partial charge < -0.3 is 10.0 Å². The van der Waals surface area contributed by atoms with Gasteiger partial charge in [-0.1, -0.05) is 0 Å². The molecule has 1 fully saturated rings. The first-order valence-electron chi connectivity index (χ1n) is 6.54. The molecule has 24 heavy (non-hydrogen) atoms. The van der Waals surface area contributed by atoms with Gasteiger partial charge in [0.05, 0.1) is 17.4 Å². The lowest BCUT2D eigenvalue weighted by molar-refractivity contribution is -0.187. The maximum atomic E-state index is 12.9. The molecule has 2 atom stereocenters. The average Bonchev–Trinajstić information content (AvgIpc) is 2.91. The molecule has 0 saturated carbocycles. The first-order chi connectivity index (χ1) is 10.9. The maximum absolute atomic E-state index is 12.9. The van der Waals surface area contributed by atoms with Gasteiger partial charge >= 0.3 is 18.3 Å². The van der Waals surface area contributed by atoms with E-state index in [1.54, 1.807) is 0 Å². The van der Waals surface area contributed by atoms with Crippen molar-refractivity contribution >= 4 is 11.9 Å². The smallest absolute Gasteiger partial charge is 0.434 e. The fourth-order valence-corrected chi connectivity index (χ4v) is 2.53. The highest BCUT2D eigenvalue weighted by Gasteiger charge is 2.54. The van der Waals surface area contributed by atoms with Gasteiger partial charge in [-0.2, -0.15) is 26.3 Å². The van der Waals surface area contributed by atoms with Gasteiger partial charge in [0.25, 0.3) is 5.91 Å². The van der Waals surface area contributed by atoms with Crippen LogP contribution in [0.5, 0.6) is 0 Å². The summed E-state index contributed by atoms with van der Waals surface area (Å²) >= 11 is 0. The summed E-state index contributed by atoms with van der Waals surface area (Å²) in [4.78, 5) is 26.7. The lowest BCUT2D eigenvalue weighted by atomic mass is 9.96. The first-order valence-corrected chi connectivity index (χ1v) is 6.54. The molecule has 2 rings (SSSR count). The van der Waals surface area contributed by atoms with E-state index in [-0.39, 0.29) is 0 Å². The monoisotopic (exact) mass is 356 g/mol. The highest BCUT2D eigenvalue weighted by molar-refractivity contribution is 5.96. The molecule has 1 N–H and O–H groups in total. The summed E-state index contributed by atoms with van der Waals surface area (Å²) < 4.78 is 77.2. The van der Waals surface area contributed by atoms with Crippen molar-refractivity contribution in [2.45, 2.75) is 12.4 Å². The molecule has 5 nitrogen and oxygen atoms in total. The number of carboxylic acid groups (broad SMARTS) is 1. The Labute approximate surface area is 130 Å². The molecule has 0 radical (unpaired) electrons. The zero-order chi connectivity index (χ0) is 18.3. The van der Waals surface area contributed by atoms with Crippen molar-refractivity contribution in [2.75, 3.05) is 13.1 Å². The molecule has 0 unspecified atom stereocenters. The van der Waals surface area contributed by atoms with E-state index < -0.39 is 60.4 Å². The van der Waals surface area contributed by atoms with Gasteiger partial charge in [0, 0.05) is 19.3 Å². The molecule has 1 amide bonds. The number of carbonyl (C=O) groups is 2. The molecule has 1 aliphatic rings. The molecule has 11 heteroatoms. The maximum Gasteiger partial charge on any atom is 0.434 e. The molecule has 1 aromatic heterocycles. The van der Waals surface area contributed by atoms with E-state index in [9.17, 15) is 35.9 Å². The number of carbonyl (C=O) groups excluding carboxylic acids is 1. The number of rotatable bonds is 2. The Bertz CT molecular complexity index is 658. The Balaban J connectivity index is 2.34. The van der Waals surface area contributed by atoms with Crippen molar-refractivity contribution in [2.24, 2.45) is 11.8 Å². The molecule has 1 saturated heterocycles. The second kappa shape index (κ2) is 5.95. The molecule has 132 valence electrons. The number of hydrogen-bond donors (Lipinski definition) is 1. The third kappa shape index (κ3) is 3.44. The molecule has 0 spiro atoms. The van der Waals surface area contributed by atoms with Crippen LogP contribution >= 0.6 is 0 Å². The second-order valence-corrected chi connectivity index (χ2v) is 5.20. The van der Waals surface area contributed by atoms with Gasteiger partial charge in [0.15, 0.2) is 5.69 Å². The van der Waals surface area contributed by atoms with Crippen LogP contribution in [0.1, 0.15) is 16.1 Å². The zero-order valence-electron chi connectivity index (χ0n) is 11.7. The quantitative estimate of drug-likeness (QED) is 0.827. The summed E-state index contributed by atoms with van der Waals surface area (Å²) in [5.74, 6) is -7.38. The topological polar surface area (TPSA) is 70.5 Å². The fourth-order valence-electron chi connectivity index (χ4n) is 2.53. The Kier molecular flexibility index (Phi) is 4.46. The standard InChI is InChI=1S/C13H10F6N2O3/c14-12(15,16)8-5-21(4-7(8)11(23)24)10(22)6-2-1-3-20-9(6)13(17,18)19/h1-3,7-8H,4-5H2,(H,23,24)/t7-,8-/m1/s1. The van der Waals surface area contributed by atoms with E-state index in [0.29, 0.717) is 4.90 Å². The van der Waals surface area contributed by atoms with Crippen LogP contribution in [0.3, 0.4) is 0 Å². The van der Waals surface area contributed by atoms with Gasteiger partial charge in [-0.05, 0) is 12.1 Å². The predicted octanol–water partition coefficient (Wildman–Crippen LogP) is 2.44. The lowest BCUT2D eigenvalue weighted by Gasteiger charge is -2.19. The van der Waals surface area contributed by atoms with Crippen LogP contribution < -0.4 is 0 Å². The van der Waals surface area contributed by atoms with E-state index in [1.165, 1.54) is 0 Å².